The second-order valence-corrected chi connectivity index (χ2v) is 15.9. The van der Waals surface area contributed by atoms with Crippen LogP contribution in [-0.2, 0) is 31.9 Å². The Balaban J connectivity index is 1.01. The summed E-state index contributed by atoms with van der Waals surface area (Å²) in [4.78, 5) is 71.5. The molecule has 4 amide bonds. The Morgan fingerprint density at radius 2 is 1.33 bits per heavy atom. The molecule has 4 N–H and O–H groups in total. The van der Waals surface area contributed by atoms with Gasteiger partial charge in [-0.2, -0.15) is 0 Å². The van der Waals surface area contributed by atoms with E-state index in [2.05, 4.69) is 49.6 Å². The maximum atomic E-state index is 13.7. The van der Waals surface area contributed by atoms with E-state index in [1.165, 1.54) is 19.8 Å². The zero-order valence-corrected chi connectivity index (χ0v) is 34.0. The summed E-state index contributed by atoms with van der Waals surface area (Å²) >= 11 is 0. The largest absolute Gasteiger partial charge is 0.453 e. The van der Waals surface area contributed by atoms with E-state index in [9.17, 15) is 19.2 Å². The minimum Gasteiger partial charge on any atom is -0.453 e. The molecule has 14 nitrogen and oxygen atoms in total. The van der Waals surface area contributed by atoms with E-state index in [1.54, 1.807) is 11.1 Å². The smallest absolute Gasteiger partial charge is 0.407 e. The van der Waals surface area contributed by atoms with Crippen LogP contribution >= 0.6 is 0 Å². The number of fused-ring (bicyclic) bond motifs is 3. The molecule has 4 heterocycles. The molecule has 58 heavy (non-hydrogen) atoms. The molecular formula is C44H52N8O6. The van der Waals surface area contributed by atoms with Gasteiger partial charge in [0.1, 0.15) is 23.7 Å². The average Bonchev–Trinajstić information content (AvgIpc) is 4.06. The molecular weight excluding hydrogens is 737 g/mol. The number of nitrogens with one attached hydrogen (secondary N) is 4. The number of benzene rings is 2. The molecule has 1 aliphatic carbocycles. The van der Waals surface area contributed by atoms with E-state index < -0.39 is 24.3 Å². The van der Waals surface area contributed by atoms with Crippen LogP contribution in [0.5, 0.6) is 0 Å². The highest BCUT2D eigenvalue weighted by atomic mass is 16.5. The number of amides is 4. The normalized spacial score (nSPS) is 18.2. The van der Waals surface area contributed by atoms with E-state index in [0.717, 1.165) is 89.5 Å². The van der Waals surface area contributed by atoms with Gasteiger partial charge in [-0.1, -0.05) is 57.7 Å². The van der Waals surface area contributed by atoms with Gasteiger partial charge in [-0.25, -0.2) is 19.6 Å². The number of likely N-dealkylation sites (tertiary alicyclic amines) is 2. The third-order valence-corrected chi connectivity index (χ3v) is 11.4. The molecule has 2 saturated heterocycles. The van der Waals surface area contributed by atoms with Crippen LogP contribution in [0.2, 0.25) is 0 Å². The van der Waals surface area contributed by atoms with Crippen molar-refractivity contribution in [2.45, 2.75) is 90.4 Å². The molecule has 7 rings (SSSR count). The number of ether oxygens (including phenoxy) is 2. The number of methoxy groups -OCH3 is 2. The van der Waals surface area contributed by atoms with Crippen molar-refractivity contribution in [1.82, 2.24) is 40.4 Å². The number of alkyl carbamates (subject to hydrolysis) is 2. The molecule has 3 aliphatic rings. The van der Waals surface area contributed by atoms with Gasteiger partial charge in [-0.3, -0.25) is 9.59 Å². The van der Waals surface area contributed by atoms with Crippen LogP contribution in [0.3, 0.4) is 0 Å². The van der Waals surface area contributed by atoms with Crippen LogP contribution in [0.25, 0.3) is 22.5 Å². The van der Waals surface area contributed by atoms with Crippen molar-refractivity contribution in [3.8, 4) is 34.4 Å². The van der Waals surface area contributed by atoms with Gasteiger partial charge < -0.3 is 39.9 Å². The summed E-state index contributed by atoms with van der Waals surface area (Å²) in [5, 5.41) is 5.41. The Morgan fingerprint density at radius 1 is 0.759 bits per heavy atom. The van der Waals surface area contributed by atoms with Gasteiger partial charge in [0.15, 0.2) is 0 Å². The van der Waals surface area contributed by atoms with E-state index in [0.29, 0.717) is 13.1 Å². The standard InChI is InChI=1S/C44H52N8O6/c1-25(2)36(49-43(55)57-5)41(53)51-21-7-9-34(51)39-45-24-33(47-39)29-16-13-27(14-17-29)11-12-28-15-19-31-30(23-28)18-20-32-38(31)48-40(46-32)35-10-8-22-52(35)42(54)37(26(3)4)50-44(56)58-6/h13-17,19,23-26,34-37H,7-10,18,20-22H2,1-6H3,(H,45,47)(H,46,48)(H,49,55)(H,50,56)/t34-,35-,36-,37-/m0/s1. The van der Waals surface area contributed by atoms with Gasteiger partial charge in [-0.15, -0.1) is 0 Å². The van der Waals surface area contributed by atoms with Crippen molar-refractivity contribution in [2.24, 2.45) is 11.8 Å². The van der Waals surface area contributed by atoms with Crippen LogP contribution in [0.15, 0.2) is 48.7 Å². The number of rotatable bonds is 9. The molecule has 4 atom stereocenters. The SMILES string of the molecule is COC(=O)N[C@H](C(=O)N1CCC[C@H]1c1ncc(-c2ccc(C#Cc3ccc4c(c3)CCc3nc([C@@H]5CCCN5C(=O)[C@@H](NC(=O)OC)C(C)C)[nH]c3-4)cc2)[nH]1)C(C)C. The van der Waals surface area contributed by atoms with E-state index >= 15 is 0 Å². The Hall–Kier alpha value is -6.10. The number of imidazole rings is 2. The maximum absolute atomic E-state index is 13.7. The second-order valence-electron chi connectivity index (χ2n) is 15.9. The molecule has 2 aromatic carbocycles. The summed E-state index contributed by atoms with van der Waals surface area (Å²) in [5.41, 5.74) is 7.89. The molecule has 0 spiro atoms. The fourth-order valence-electron chi connectivity index (χ4n) is 8.28. The van der Waals surface area contributed by atoms with Crippen LogP contribution in [0.1, 0.15) is 99.5 Å². The number of carbonyl (C=O) groups excluding carboxylic acids is 4. The number of hydrogen-bond donors (Lipinski definition) is 4. The number of aromatic amines is 2. The van der Waals surface area contributed by atoms with Gasteiger partial charge in [0.2, 0.25) is 11.8 Å². The molecule has 0 radical (unpaired) electrons. The van der Waals surface area contributed by atoms with E-state index in [-0.39, 0.29) is 35.7 Å². The first-order valence-electron chi connectivity index (χ1n) is 20.1. The minimum atomic E-state index is -0.688. The lowest BCUT2D eigenvalue weighted by molar-refractivity contribution is -0.136. The lowest BCUT2D eigenvalue weighted by Crippen LogP contribution is -2.51. The van der Waals surface area contributed by atoms with Crippen molar-refractivity contribution in [2.75, 3.05) is 27.3 Å². The van der Waals surface area contributed by atoms with Gasteiger partial charge in [0.05, 0.1) is 49.6 Å². The summed E-state index contributed by atoms with van der Waals surface area (Å²) in [5.74, 6) is 7.67. The number of hydrogen-bond acceptors (Lipinski definition) is 8. The number of H-pyrrole nitrogens is 2. The van der Waals surface area contributed by atoms with Crippen LogP contribution in [-0.4, -0.2) is 93.1 Å². The van der Waals surface area contributed by atoms with E-state index in [1.807, 2.05) is 62.9 Å². The Bertz CT molecular complexity index is 2230. The van der Waals surface area contributed by atoms with Gasteiger partial charge in [0, 0.05) is 29.8 Å². The highest BCUT2D eigenvalue weighted by Crippen LogP contribution is 2.38. The van der Waals surface area contributed by atoms with Crippen LogP contribution in [0.4, 0.5) is 9.59 Å². The van der Waals surface area contributed by atoms with Crippen molar-refractivity contribution in [3.05, 3.63) is 82.7 Å². The zero-order valence-electron chi connectivity index (χ0n) is 34.0. The molecule has 2 aliphatic heterocycles. The van der Waals surface area contributed by atoms with Gasteiger partial charge in [0.25, 0.3) is 0 Å². The highest BCUT2D eigenvalue weighted by molar-refractivity contribution is 5.87. The van der Waals surface area contributed by atoms with Crippen molar-refractivity contribution in [1.29, 1.82) is 0 Å². The van der Waals surface area contributed by atoms with Crippen LogP contribution in [0, 0.1) is 23.7 Å². The first kappa shape index (κ1) is 40.1. The van der Waals surface area contributed by atoms with Gasteiger partial charge in [-0.05, 0) is 85.8 Å². The predicted molar refractivity (Wildman–Crippen MR) is 217 cm³/mol. The topological polar surface area (TPSA) is 175 Å². The second kappa shape index (κ2) is 17.2. The summed E-state index contributed by atoms with van der Waals surface area (Å²) < 4.78 is 9.54. The minimum absolute atomic E-state index is 0.102. The summed E-state index contributed by atoms with van der Waals surface area (Å²) in [7, 11) is 2.59. The lowest BCUT2D eigenvalue weighted by atomic mass is 9.91. The third-order valence-electron chi connectivity index (χ3n) is 11.4. The molecule has 2 aromatic heterocycles. The monoisotopic (exact) mass is 788 g/mol. The molecule has 14 heteroatoms. The lowest BCUT2D eigenvalue weighted by Gasteiger charge is -2.30. The van der Waals surface area contributed by atoms with E-state index in [4.69, 9.17) is 14.5 Å². The Kier molecular flexibility index (Phi) is 11.9. The maximum Gasteiger partial charge on any atom is 0.407 e. The van der Waals surface area contributed by atoms with Crippen molar-refractivity contribution in [3.63, 3.8) is 0 Å². The first-order chi connectivity index (χ1) is 27.9. The van der Waals surface area contributed by atoms with Crippen LogP contribution < -0.4 is 10.6 Å². The number of nitrogens with zero attached hydrogens (tertiary/aromatic N) is 4. The summed E-state index contributed by atoms with van der Waals surface area (Å²) in [6, 6.07) is 12.5. The molecule has 0 unspecified atom stereocenters. The molecule has 2 fully saturated rings. The fourth-order valence-corrected chi connectivity index (χ4v) is 8.28. The Morgan fingerprint density at radius 3 is 1.91 bits per heavy atom. The number of carbonyl (C=O) groups is 4. The summed E-state index contributed by atoms with van der Waals surface area (Å²) in [6.07, 6.45) is 5.45. The molecule has 304 valence electrons. The van der Waals surface area contributed by atoms with Gasteiger partial charge >= 0.3 is 12.2 Å². The molecule has 0 saturated carbocycles. The number of aromatic nitrogens is 4. The third kappa shape index (κ3) is 8.30. The Labute approximate surface area is 338 Å². The quantitative estimate of drug-likeness (QED) is 0.148. The molecule has 0 bridgehead atoms. The summed E-state index contributed by atoms with van der Waals surface area (Å²) in [6.45, 7) is 8.82. The first-order valence-corrected chi connectivity index (χ1v) is 20.1. The predicted octanol–water partition coefficient (Wildman–Crippen LogP) is 6.05. The molecule has 4 aromatic rings. The van der Waals surface area contributed by atoms with Crippen molar-refractivity contribution < 1.29 is 28.7 Å². The highest BCUT2D eigenvalue weighted by Gasteiger charge is 2.39. The van der Waals surface area contributed by atoms with Crippen molar-refractivity contribution >= 4 is 24.0 Å². The average molecular weight is 789 g/mol. The zero-order chi connectivity index (χ0) is 41.1. The fraction of sp³-hybridized carbons (Fsp3) is 0.455. The number of aryl methyl sites for hydroxylation is 2.